The molecule has 1 aromatic rings. The number of sulfonamides is 1. The van der Waals surface area contributed by atoms with E-state index in [4.69, 9.17) is 4.74 Å². The molecule has 0 bridgehead atoms. The molecule has 5 nitrogen and oxygen atoms in total. The Kier molecular flexibility index (Phi) is 5.42. The van der Waals surface area contributed by atoms with Gasteiger partial charge in [0.1, 0.15) is 5.75 Å². The molecule has 1 aliphatic heterocycles. The lowest BCUT2D eigenvalue weighted by atomic mass is 10.3. The predicted molar refractivity (Wildman–Crippen MR) is 74.3 cm³/mol. The third-order valence-electron chi connectivity index (χ3n) is 2.98. The van der Waals surface area contributed by atoms with Gasteiger partial charge >= 0.3 is 0 Å². The van der Waals surface area contributed by atoms with Crippen LogP contribution in [-0.4, -0.2) is 46.0 Å². The van der Waals surface area contributed by atoms with Gasteiger partial charge in [-0.15, -0.1) is 23.7 Å². The Morgan fingerprint density at radius 3 is 2.83 bits per heavy atom. The van der Waals surface area contributed by atoms with Crippen molar-refractivity contribution in [1.29, 1.82) is 0 Å². The summed E-state index contributed by atoms with van der Waals surface area (Å²) in [5, 5.41) is 4.89. The second-order valence-electron chi connectivity index (χ2n) is 3.94. The van der Waals surface area contributed by atoms with E-state index in [1.165, 1.54) is 22.8 Å². The zero-order chi connectivity index (χ0) is 12.5. The highest BCUT2D eigenvalue weighted by atomic mass is 35.5. The predicted octanol–water partition coefficient (Wildman–Crippen LogP) is 1.16. The second-order valence-corrected chi connectivity index (χ2v) is 7.05. The van der Waals surface area contributed by atoms with Crippen molar-refractivity contribution in [3.8, 4) is 5.75 Å². The highest BCUT2D eigenvalue weighted by Crippen LogP contribution is 2.32. The number of hydrogen-bond acceptors (Lipinski definition) is 5. The SMILES string of the molecule is COc1ccsc1S(=O)(=O)N(C)C1CCNC1.Cl. The molecule has 1 atom stereocenters. The molecule has 1 fully saturated rings. The fraction of sp³-hybridized carbons (Fsp3) is 0.600. The molecule has 0 aliphatic carbocycles. The molecular formula is C10H17ClN2O3S2. The van der Waals surface area contributed by atoms with E-state index in [2.05, 4.69) is 5.32 Å². The van der Waals surface area contributed by atoms with Gasteiger partial charge in [0, 0.05) is 19.6 Å². The molecule has 104 valence electrons. The minimum atomic E-state index is -3.43. The zero-order valence-corrected chi connectivity index (χ0v) is 12.7. The van der Waals surface area contributed by atoms with Crippen LogP contribution in [0.25, 0.3) is 0 Å². The molecule has 0 amide bonds. The van der Waals surface area contributed by atoms with Crippen molar-refractivity contribution in [1.82, 2.24) is 9.62 Å². The number of nitrogens with one attached hydrogen (secondary N) is 1. The van der Waals surface area contributed by atoms with Gasteiger partial charge in [0.15, 0.2) is 4.21 Å². The van der Waals surface area contributed by atoms with Crippen molar-refractivity contribution in [2.24, 2.45) is 0 Å². The molecule has 1 aliphatic rings. The number of likely N-dealkylation sites (N-methyl/N-ethyl adjacent to an activating group) is 1. The first kappa shape index (κ1) is 15.7. The van der Waals surface area contributed by atoms with Crippen LogP contribution in [0.1, 0.15) is 6.42 Å². The van der Waals surface area contributed by atoms with Crippen molar-refractivity contribution in [3.05, 3.63) is 11.4 Å². The van der Waals surface area contributed by atoms with Gasteiger partial charge in [-0.25, -0.2) is 8.42 Å². The van der Waals surface area contributed by atoms with Gasteiger partial charge in [-0.1, -0.05) is 0 Å². The fourth-order valence-corrected chi connectivity index (χ4v) is 4.73. The van der Waals surface area contributed by atoms with Crippen LogP contribution in [0.15, 0.2) is 15.7 Å². The van der Waals surface area contributed by atoms with Gasteiger partial charge in [0.25, 0.3) is 10.0 Å². The summed E-state index contributed by atoms with van der Waals surface area (Å²) in [4.78, 5) is 0. The highest BCUT2D eigenvalue weighted by molar-refractivity contribution is 7.91. The average molecular weight is 313 g/mol. The van der Waals surface area contributed by atoms with Crippen molar-refractivity contribution < 1.29 is 13.2 Å². The second kappa shape index (κ2) is 6.21. The normalized spacial score (nSPS) is 19.8. The lowest BCUT2D eigenvalue weighted by Crippen LogP contribution is -2.38. The van der Waals surface area contributed by atoms with Gasteiger partial charge in [0.05, 0.1) is 7.11 Å². The van der Waals surface area contributed by atoms with Gasteiger partial charge in [-0.05, 0) is 24.4 Å². The van der Waals surface area contributed by atoms with Gasteiger partial charge < -0.3 is 10.1 Å². The van der Waals surface area contributed by atoms with Crippen LogP contribution in [0.5, 0.6) is 5.75 Å². The molecule has 2 heterocycles. The minimum absolute atomic E-state index is 0. The maximum atomic E-state index is 12.4. The summed E-state index contributed by atoms with van der Waals surface area (Å²) < 4.78 is 31.6. The Labute approximate surface area is 118 Å². The summed E-state index contributed by atoms with van der Waals surface area (Å²) in [7, 11) is -0.320. The van der Waals surface area contributed by atoms with E-state index in [1.807, 2.05) is 0 Å². The van der Waals surface area contributed by atoms with E-state index in [0.29, 0.717) is 12.3 Å². The third kappa shape index (κ3) is 2.80. The maximum absolute atomic E-state index is 12.4. The molecule has 1 saturated heterocycles. The molecular weight excluding hydrogens is 296 g/mol. The first-order chi connectivity index (χ1) is 8.07. The number of methoxy groups -OCH3 is 1. The number of nitrogens with zero attached hydrogens (tertiary/aromatic N) is 1. The van der Waals surface area contributed by atoms with E-state index < -0.39 is 10.0 Å². The van der Waals surface area contributed by atoms with Crippen molar-refractivity contribution in [3.63, 3.8) is 0 Å². The molecule has 18 heavy (non-hydrogen) atoms. The summed E-state index contributed by atoms with van der Waals surface area (Å²) in [5.74, 6) is 0.424. The Hall–Kier alpha value is -0.340. The van der Waals surface area contributed by atoms with Crippen LogP contribution in [0.2, 0.25) is 0 Å². The van der Waals surface area contributed by atoms with Crippen LogP contribution in [-0.2, 0) is 10.0 Å². The molecule has 0 radical (unpaired) electrons. The summed E-state index contributed by atoms with van der Waals surface area (Å²) in [6.45, 7) is 1.58. The number of halogens is 1. The molecule has 2 rings (SSSR count). The number of ether oxygens (including phenoxy) is 1. The average Bonchev–Trinajstić information content (AvgIpc) is 2.98. The molecule has 8 heteroatoms. The van der Waals surface area contributed by atoms with E-state index in [1.54, 1.807) is 18.5 Å². The third-order valence-corrected chi connectivity index (χ3v) is 6.31. The molecule has 0 spiro atoms. The molecule has 1 unspecified atom stereocenters. The van der Waals surface area contributed by atoms with Crippen molar-refractivity contribution in [2.45, 2.75) is 16.7 Å². The smallest absolute Gasteiger partial charge is 0.256 e. The largest absolute Gasteiger partial charge is 0.494 e. The monoisotopic (exact) mass is 312 g/mol. The molecule has 1 N–H and O–H groups in total. The summed E-state index contributed by atoms with van der Waals surface area (Å²) in [6.07, 6.45) is 0.851. The van der Waals surface area contributed by atoms with E-state index >= 15 is 0 Å². The van der Waals surface area contributed by atoms with Gasteiger partial charge in [-0.2, -0.15) is 4.31 Å². The highest BCUT2D eigenvalue weighted by Gasteiger charge is 2.32. The van der Waals surface area contributed by atoms with E-state index in [9.17, 15) is 8.42 Å². The van der Waals surface area contributed by atoms with Crippen molar-refractivity contribution in [2.75, 3.05) is 27.2 Å². The Morgan fingerprint density at radius 1 is 1.56 bits per heavy atom. The van der Waals surface area contributed by atoms with Crippen LogP contribution < -0.4 is 10.1 Å². The maximum Gasteiger partial charge on any atom is 0.256 e. The fourth-order valence-electron chi connectivity index (χ4n) is 1.90. The Morgan fingerprint density at radius 2 is 2.28 bits per heavy atom. The Balaban J connectivity index is 0.00000162. The first-order valence-electron chi connectivity index (χ1n) is 5.37. The van der Waals surface area contributed by atoms with Crippen LogP contribution in [0.4, 0.5) is 0 Å². The standard InChI is InChI=1S/C10H16N2O3S2.ClH/c1-12(8-3-5-11-7-8)17(13,14)10-9(15-2)4-6-16-10;/h4,6,8,11H,3,5,7H2,1-2H3;1H. The summed E-state index contributed by atoms with van der Waals surface area (Å²) in [5.41, 5.74) is 0. The molecule has 1 aromatic heterocycles. The van der Waals surface area contributed by atoms with Crippen molar-refractivity contribution >= 4 is 33.8 Å². The van der Waals surface area contributed by atoms with E-state index in [0.717, 1.165) is 13.0 Å². The quantitative estimate of drug-likeness (QED) is 0.906. The lowest BCUT2D eigenvalue weighted by Gasteiger charge is -2.22. The summed E-state index contributed by atoms with van der Waals surface area (Å²) >= 11 is 1.19. The number of rotatable bonds is 4. The van der Waals surface area contributed by atoms with E-state index in [-0.39, 0.29) is 22.7 Å². The lowest BCUT2D eigenvalue weighted by molar-refractivity contribution is 0.379. The topological polar surface area (TPSA) is 58.6 Å². The summed E-state index contributed by atoms with van der Waals surface area (Å²) in [6, 6.07) is 1.71. The molecule has 0 aromatic carbocycles. The number of thiophene rings is 1. The zero-order valence-electron chi connectivity index (χ0n) is 10.3. The van der Waals surface area contributed by atoms with Crippen LogP contribution in [0, 0.1) is 0 Å². The Bertz CT molecular complexity index is 483. The van der Waals surface area contributed by atoms with Crippen LogP contribution >= 0.6 is 23.7 Å². The van der Waals surface area contributed by atoms with Gasteiger partial charge in [0.2, 0.25) is 0 Å². The van der Waals surface area contributed by atoms with Gasteiger partial charge in [-0.3, -0.25) is 0 Å². The first-order valence-corrected chi connectivity index (χ1v) is 7.69. The minimum Gasteiger partial charge on any atom is -0.494 e. The number of hydrogen-bond donors (Lipinski definition) is 1. The molecule has 0 saturated carbocycles. The van der Waals surface area contributed by atoms with Crippen LogP contribution in [0.3, 0.4) is 0 Å².